The number of halogens is 2. The van der Waals surface area contributed by atoms with Gasteiger partial charge in [-0.15, -0.1) is 0 Å². The Morgan fingerprint density at radius 3 is 3.18 bits per heavy atom. The van der Waals surface area contributed by atoms with Gasteiger partial charge < -0.3 is 9.32 Å². The van der Waals surface area contributed by atoms with Crippen molar-refractivity contribution in [3.8, 4) is 0 Å². The predicted molar refractivity (Wildman–Crippen MR) is 65.4 cm³/mol. The number of oxazole rings is 1. The lowest BCUT2D eigenvalue weighted by molar-refractivity contribution is 0.281. The zero-order valence-electron chi connectivity index (χ0n) is 9.20. The molecular weight excluding hydrogens is 243 g/mol. The molecule has 2 heterocycles. The fourth-order valence-electron chi connectivity index (χ4n) is 2.12. The first-order valence-electron chi connectivity index (χ1n) is 5.67. The number of anilines is 1. The number of rotatable bonds is 1. The van der Waals surface area contributed by atoms with Crippen LogP contribution in [-0.2, 0) is 0 Å². The lowest BCUT2D eigenvalue weighted by Crippen LogP contribution is -2.36. The van der Waals surface area contributed by atoms with E-state index in [0.717, 1.165) is 18.5 Å². The van der Waals surface area contributed by atoms with Gasteiger partial charge in [-0.1, -0.05) is 11.6 Å². The molecule has 1 unspecified atom stereocenters. The third-order valence-electron chi connectivity index (χ3n) is 2.97. The van der Waals surface area contributed by atoms with Crippen molar-refractivity contribution in [2.45, 2.75) is 19.0 Å². The fourth-order valence-corrected chi connectivity index (χ4v) is 2.28. The molecule has 0 aliphatic carbocycles. The van der Waals surface area contributed by atoms with Crippen LogP contribution in [0.4, 0.5) is 10.4 Å². The first kappa shape index (κ1) is 10.8. The van der Waals surface area contributed by atoms with Crippen LogP contribution in [0.1, 0.15) is 12.8 Å². The Labute approximate surface area is 103 Å². The quantitative estimate of drug-likeness (QED) is 0.781. The number of fused-ring (bicyclic) bond motifs is 1. The lowest BCUT2D eigenvalue weighted by atomic mass is 10.1. The highest BCUT2D eigenvalue weighted by Crippen LogP contribution is 2.26. The molecule has 5 heteroatoms. The van der Waals surface area contributed by atoms with Gasteiger partial charge in [0.25, 0.3) is 6.01 Å². The number of piperidine rings is 1. The van der Waals surface area contributed by atoms with Gasteiger partial charge in [0.05, 0.1) is 6.54 Å². The summed E-state index contributed by atoms with van der Waals surface area (Å²) >= 11 is 5.88. The van der Waals surface area contributed by atoms with Crippen molar-refractivity contribution < 1.29 is 8.81 Å². The molecule has 1 aromatic carbocycles. The van der Waals surface area contributed by atoms with E-state index in [1.165, 1.54) is 0 Å². The van der Waals surface area contributed by atoms with Crippen molar-refractivity contribution in [2.24, 2.45) is 0 Å². The maximum Gasteiger partial charge on any atom is 0.298 e. The summed E-state index contributed by atoms with van der Waals surface area (Å²) in [6.45, 7) is 1.15. The predicted octanol–water partition coefficient (Wildman–Crippen LogP) is 3.42. The van der Waals surface area contributed by atoms with E-state index >= 15 is 0 Å². The Morgan fingerprint density at radius 2 is 2.35 bits per heavy atom. The van der Waals surface area contributed by atoms with Crippen LogP contribution in [0.15, 0.2) is 22.6 Å². The Morgan fingerprint density at radius 1 is 1.47 bits per heavy atom. The molecule has 0 spiro atoms. The molecule has 1 aromatic heterocycles. The van der Waals surface area contributed by atoms with Crippen molar-refractivity contribution in [1.82, 2.24) is 4.98 Å². The first-order valence-corrected chi connectivity index (χ1v) is 6.05. The molecule has 90 valence electrons. The maximum absolute atomic E-state index is 13.3. The van der Waals surface area contributed by atoms with E-state index in [0.29, 0.717) is 29.6 Å². The standard InChI is InChI=1S/C12H12ClFN2O/c13-8-3-4-10-11(6-8)17-12(15-10)16-5-1-2-9(14)7-16/h3-4,6,9H,1-2,5,7H2. The third kappa shape index (κ3) is 2.09. The molecule has 1 saturated heterocycles. The van der Waals surface area contributed by atoms with Crippen molar-refractivity contribution in [3.63, 3.8) is 0 Å². The topological polar surface area (TPSA) is 29.3 Å². The molecule has 1 aliphatic rings. The Kier molecular flexibility index (Phi) is 2.67. The van der Waals surface area contributed by atoms with E-state index in [1.807, 2.05) is 11.0 Å². The van der Waals surface area contributed by atoms with Crippen LogP contribution in [-0.4, -0.2) is 24.2 Å². The molecule has 0 N–H and O–H groups in total. The van der Waals surface area contributed by atoms with Gasteiger partial charge in [-0.05, 0) is 25.0 Å². The van der Waals surface area contributed by atoms with Gasteiger partial charge in [-0.2, -0.15) is 4.98 Å². The number of benzene rings is 1. The molecule has 1 aliphatic heterocycles. The van der Waals surface area contributed by atoms with Crippen LogP contribution < -0.4 is 4.90 Å². The summed E-state index contributed by atoms with van der Waals surface area (Å²) in [6, 6.07) is 5.79. The van der Waals surface area contributed by atoms with Gasteiger partial charge in [-0.25, -0.2) is 4.39 Å². The number of hydrogen-bond donors (Lipinski definition) is 0. The number of nitrogens with zero attached hydrogens (tertiary/aromatic N) is 2. The molecule has 0 saturated carbocycles. The summed E-state index contributed by atoms with van der Waals surface area (Å²) in [5.41, 5.74) is 1.40. The monoisotopic (exact) mass is 254 g/mol. The van der Waals surface area contributed by atoms with Crippen LogP contribution >= 0.6 is 11.6 Å². The molecule has 0 bridgehead atoms. The first-order chi connectivity index (χ1) is 8.22. The second kappa shape index (κ2) is 4.18. The number of alkyl halides is 1. The summed E-state index contributed by atoms with van der Waals surface area (Å²) in [5, 5.41) is 0.613. The van der Waals surface area contributed by atoms with Crippen LogP contribution in [0, 0.1) is 0 Å². The average Bonchev–Trinajstić information content (AvgIpc) is 2.72. The van der Waals surface area contributed by atoms with E-state index in [1.54, 1.807) is 12.1 Å². The smallest absolute Gasteiger partial charge is 0.298 e. The Bertz CT molecular complexity index is 542. The largest absolute Gasteiger partial charge is 0.423 e. The molecule has 0 amide bonds. The number of aromatic nitrogens is 1. The highest BCUT2D eigenvalue weighted by molar-refractivity contribution is 6.31. The van der Waals surface area contributed by atoms with Gasteiger partial charge in [0.15, 0.2) is 5.58 Å². The highest BCUT2D eigenvalue weighted by Gasteiger charge is 2.22. The van der Waals surface area contributed by atoms with Crippen molar-refractivity contribution >= 4 is 28.7 Å². The normalized spacial score (nSPS) is 21.1. The SMILES string of the molecule is FC1CCCN(c2nc3ccc(Cl)cc3o2)C1. The minimum absolute atomic E-state index is 0.362. The van der Waals surface area contributed by atoms with E-state index in [-0.39, 0.29) is 0 Å². The summed E-state index contributed by atoms with van der Waals surface area (Å²) < 4.78 is 18.9. The average molecular weight is 255 g/mol. The van der Waals surface area contributed by atoms with E-state index in [9.17, 15) is 4.39 Å². The fraction of sp³-hybridized carbons (Fsp3) is 0.417. The minimum Gasteiger partial charge on any atom is -0.423 e. The molecule has 0 radical (unpaired) electrons. The molecule has 1 fully saturated rings. The van der Waals surface area contributed by atoms with Crippen molar-refractivity contribution in [2.75, 3.05) is 18.0 Å². The highest BCUT2D eigenvalue weighted by atomic mass is 35.5. The van der Waals surface area contributed by atoms with Crippen LogP contribution in [0.5, 0.6) is 0 Å². The maximum atomic E-state index is 13.3. The molecule has 2 aromatic rings. The summed E-state index contributed by atoms with van der Waals surface area (Å²) in [6.07, 6.45) is 0.672. The molecule has 1 atom stereocenters. The van der Waals surface area contributed by atoms with E-state index < -0.39 is 6.17 Å². The lowest BCUT2D eigenvalue weighted by Gasteiger charge is -2.27. The molecule has 3 nitrogen and oxygen atoms in total. The summed E-state index contributed by atoms with van der Waals surface area (Å²) in [4.78, 5) is 6.20. The van der Waals surface area contributed by atoms with E-state index in [2.05, 4.69) is 4.98 Å². The van der Waals surface area contributed by atoms with Gasteiger partial charge in [0, 0.05) is 17.6 Å². The second-order valence-corrected chi connectivity index (χ2v) is 4.73. The van der Waals surface area contributed by atoms with Gasteiger partial charge in [0.2, 0.25) is 0 Å². The molecular formula is C12H12ClFN2O. The van der Waals surface area contributed by atoms with Gasteiger partial charge in [0.1, 0.15) is 11.7 Å². The second-order valence-electron chi connectivity index (χ2n) is 4.29. The van der Waals surface area contributed by atoms with E-state index in [4.69, 9.17) is 16.0 Å². The molecule has 17 heavy (non-hydrogen) atoms. The van der Waals surface area contributed by atoms with Crippen LogP contribution in [0.3, 0.4) is 0 Å². The van der Waals surface area contributed by atoms with Crippen molar-refractivity contribution in [3.05, 3.63) is 23.2 Å². The Hall–Kier alpha value is -1.29. The zero-order valence-corrected chi connectivity index (χ0v) is 9.95. The van der Waals surface area contributed by atoms with Gasteiger partial charge in [-0.3, -0.25) is 0 Å². The van der Waals surface area contributed by atoms with Crippen LogP contribution in [0.2, 0.25) is 5.02 Å². The van der Waals surface area contributed by atoms with Crippen molar-refractivity contribution in [1.29, 1.82) is 0 Å². The zero-order chi connectivity index (χ0) is 11.8. The Balaban J connectivity index is 1.94. The molecule has 3 rings (SSSR count). The van der Waals surface area contributed by atoms with Gasteiger partial charge >= 0.3 is 0 Å². The van der Waals surface area contributed by atoms with Crippen LogP contribution in [0.25, 0.3) is 11.1 Å². The summed E-state index contributed by atoms with van der Waals surface area (Å²) in [5.74, 6) is 0. The number of hydrogen-bond acceptors (Lipinski definition) is 3. The third-order valence-corrected chi connectivity index (χ3v) is 3.21. The summed E-state index contributed by atoms with van der Waals surface area (Å²) in [7, 11) is 0. The minimum atomic E-state index is -0.789.